The van der Waals surface area contributed by atoms with E-state index in [0.29, 0.717) is 27.3 Å². The van der Waals surface area contributed by atoms with Gasteiger partial charge in [-0.05, 0) is 48.9 Å². The van der Waals surface area contributed by atoms with Crippen molar-refractivity contribution in [2.75, 3.05) is 11.1 Å². The van der Waals surface area contributed by atoms with Crippen LogP contribution in [0.3, 0.4) is 0 Å². The first kappa shape index (κ1) is 16.3. The van der Waals surface area contributed by atoms with Crippen molar-refractivity contribution in [1.82, 2.24) is 9.97 Å². The maximum atomic E-state index is 12.6. The van der Waals surface area contributed by atoms with Gasteiger partial charge in [0.15, 0.2) is 0 Å². The number of carbonyl (C=O) groups is 1. The molecule has 0 spiro atoms. The lowest BCUT2D eigenvalue weighted by molar-refractivity contribution is 0.103. The van der Waals surface area contributed by atoms with E-state index >= 15 is 0 Å². The Morgan fingerprint density at radius 3 is 3.04 bits per heavy atom. The number of thiophene rings is 1. The van der Waals surface area contributed by atoms with Gasteiger partial charge in [0, 0.05) is 17.3 Å². The summed E-state index contributed by atoms with van der Waals surface area (Å²) in [6, 6.07) is 5.44. The van der Waals surface area contributed by atoms with Crippen molar-refractivity contribution in [3.8, 4) is 0 Å². The number of hydrogen-bond acceptors (Lipinski definition) is 5. The Hall–Kier alpha value is -2.18. The summed E-state index contributed by atoms with van der Waals surface area (Å²) in [5.74, 6) is 0.819. The molecule has 0 saturated carbocycles. The first-order valence-corrected chi connectivity index (χ1v) is 9.34. The minimum absolute atomic E-state index is 0.276. The van der Waals surface area contributed by atoms with E-state index in [4.69, 9.17) is 22.3 Å². The molecule has 0 radical (unpaired) electrons. The van der Waals surface area contributed by atoms with Gasteiger partial charge in [0.05, 0.1) is 10.7 Å². The normalized spacial score (nSPS) is 16.6. The van der Waals surface area contributed by atoms with E-state index in [0.717, 1.165) is 35.2 Å². The summed E-state index contributed by atoms with van der Waals surface area (Å²) in [6.07, 6.45) is 4.65. The highest BCUT2D eigenvalue weighted by molar-refractivity contribution is 7.21. The smallest absolute Gasteiger partial charge is 0.269 e. The number of nitrogens with two attached hydrogens (primary N) is 1. The second kappa shape index (κ2) is 6.28. The molecular weight excluding hydrogens is 356 g/mol. The van der Waals surface area contributed by atoms with E-state index in [1.54, 1.807) is 12.1 Å². The molecule has 3 aromatic rings. The first-order valence-electron chi connectivity index (χ1n) is 8.15. The zero-order chi connectivity index (χ0) is 17.6. The Bertz CT molecular complexity index is 967. The van der Waals surface area contributed by atoms with Crippen LogP contribution in [0.1, 0.15) is 34.3 Å². The lowest BCUT2D eigenvalue weighted by atomic mass is 9.87. The fourth-order valence-corrected chi connectivity index (χ4v) is 4.27. The number of rotatable bonds is 2. The molecule has 1 aliphatic rings. The molecule has 7 heteroatoms. The molecule has 25 heavy (non-hydrogen) atoms. The van der Waals surface area contributed by atoms with Gasteiger partial charge in [0.1, 0.15) is 15.5 Å². The summed E-state index contributed by atoms with van der Waals surface area (Å²) in [5.41, 5.74) is 9.13. The predicted octanol–water partition coefficient (Wildman–Crippen LogP) is 4.30. The van der Waals surface area contributed by atoms with E-state index in [2.05, 4.69) is 23.3 Å². The maximum Gasteiger partial charge on any atom is 0.269 e. The van der Waals surface area contributed by atoms with Gasteiger partial charge in [-0.25, -0.2) is 9.97 Å². The third kappa shape index (κ3) is 3.07. The quantitative estimate of drug-likeness (QED) is 0.702. The number of aryl methyl sites for hydroxylation is 1. The molecule has 0 bridgehead atoms. The average Bonchev–Trinajstić information content (AvgIpc) is 2.91. The number of pyridine rings is 2. The van der Waals surface area contributed by atoms with Gasteiger partial charge in [-0.2, -0.15) is 0 Å². The first-order chi connectivity index (χ1) is 12.0. The molecule has 0 aliphatic heterocycles. The van der Waals surface area contributed by atoms with Crippen LogP contribution >= 0.6 is 22.9 Å². The van der Waals surface area contributed by atoms with Gasteiger partial charge >= 0.3 is 0 Å². The van der Waals surface area contributed by atoms with Crippen LogP contribution in [0.25, 0.3) is 10.2 Å². The van der Waals surface area contributed by atoms with Crippen molar-refractivity contribution in [2.45, 2.75) is 26.2 Å². The molecule has 1 aliphatic carbocycles. The Morgan fingerprint density at radius 1 is 1.44 bits per heavy atom. The average molecular weight is 373 g/mol. The molecule has 1 atom stereocenters. The van der Waals surface area contributed by atoms with Crippen molar-refractivity contribution in [3.05, 3.63) is 45.6 Å². The largest absolute Gasteiger partial charge is 0.397 e. The predicted molar refractivity (Wildman–Crippen MR) is 102 cm³/mol. The number of amides is 1. The molecule has 1 amide bonds. The van der Waals surface area contributed by atoms with Gasteiger partial charge in [-0.1, -0.05) is 18.5 Å². The van der Waals surface area contributed by atoms with Crippen LogP contribution in [0.15, 0.2) is 24.4 Å². The summed E-state index contributed by atoms with van der Waals surface area (Å²) in [4.78, 5) is 22.7. The Labute approximate surface area is 154 Å². The number of hydrogen-bond donors (Lipinski definition) is 2. The maximum absolute atomic E-state index is 12.6. The minimum Gasteiger partial charge on any atom is -0.397 e. The van der Waals surface area contributed by atoms with E-state index in [9.17, 15) is 4.79 Å². The number of anilines is 2. The second-order valence-electron chi connectivity index (χ2n) is 6.46. The summed E-state index contributed by atoms with van der Waals surface area (Å²) >= 11 is 7.14. The summed E-state index contributed by atoms with van der Waals surface area (Å²) in [7, 11) is 0. The van der Waals surface area contributed by atoms with Gasteiger partial charge in [0.25, 0.3) is 5.91 Å². The monoisotopic (exact) mass is 372 g/mol. The molecule has 4 rings (SSSR count). The highest BCUT2D eigenvalue weighted by Gasteiger charge is 2.22. The van der Waals surface area contributed by atoms with Gasteiger partial charge in [-0.15, -0.1) is 11.3 Å². The Balaban J connectivity index is 1.69. The summed E-state index contributed by atoms with van der Waals surface area (Å²) in [6.45, 7) is 2.25. The molecule has 128 valence electrons. The fraction of sp³-hybridized carbons (Fsp3) is 0.278. The van der Waals surface area contributed by atoms with Crippen LogP contribution in [-0.4, -0.2) is 15.9 Å². The van der Waals surface area contributed by atoms with E-state index in [-0.39, 0.29) is 5.91 Å². The zero-order valence-electron chi connectivity index (χ0n) is 13.7. The van der Waals surface area contributed by atoms with E-state index < -0.39 is 0 Å². The molecular formula is C18H17ClN4OS. The Kier molecular flexibility index (Phi) is 4.09. The molecule has 3 aromatic heterocycles. The number of fused-ring (bicyclic) bond motifs is 2. The van der Waals surface area contributed by atoms with Gasteiger partial charge in [-0.3, -0.25) is 4.79 Å². The van der Waals surface area contributed by atoms with E-state index in [1.165, 1.54) is 23.1 Å². The van der Waals surface area contributed by atoms with Gasteiger partial charge < -0.3 is 11.1 Å². The SMILES string of the molecule is CC1CCc2nc3sc(C(=O)Nc4ccc(Cl)cn4)c(N)c3cc2C1. The molecule has 1 unspecified atom stereocenters. The summed E-state index contributed by atoms with van der Waals surface area (Å²) in [5, 5.41) is 4.14. The molecule has 0 saturated heterocycles. The molecule has 3 heterocycles. The highest BCUT2D eigenvalue weighted by atomic mass is 35.5. The molecule has 0 aromatic carbocycles. The van der Waals surface area contributed by atoms with Crippen molar-refractivity contribution < 1.29 is 4.79 Å². The summed E-state index contributed by atoms with van der Waals surface area (Å²) < 4.78 is 0. The number of carbonyl (C=O) groups excluding carboxylic acids is 1. The van der Waals surface area contributed by atoms with Crippen molar-refractivity contribution in [1.29, 1.82) is 0 Å². The van der Waals surface area contributed by atoms with E-state index in [1.807, 2.05) is 0 Å². The highest BCUT2D eigenvalue weighted by Crippen LogP contribution is 2.36. The third-order valence-electron chi connectivity index (χ3n) is 4.51. The number of nitrogens with one attached hydrogen (secondary N) is 1. The Morgan fingerprint density at radius 2 is 2.28 bits per heavy atom. The second-order valence-corrected chi connectivity index (χ2v) is 7.89. The van der Waals surface area contributed by atoms with Gasteiger partial charge in [0.2, 0.25) is 0 Å². The lowest BCUT2D eigenvalue weighted by Crippen LogP contribution is -2.13. The zero-order valence-corrected chi connectivity index (χ0v) is 15.2. The van der Waals surface area contributed by atoms with Crippen LogP contribution in [0, 0.1) is 5.92 Å². The minimum atomic E-state index is -0.276. The van der Waals surface area contributed by atoms with Crippen molar-refractivity contribution in [3.63, 3.8) is 0 Å². The molecule has 0 fully saturated rings. The topological polar surface area (TPSA) is 80.9 Å². The van der Waals surface area contributed by atoms with Crippen LogP contribution in [-0.2, 0) is 12.8 Å². The van der Waals surface area contributed by atoms with Crippen LogP contribution in [0.5, 0.6) is 0 Å². The van der Waals surface area contributed by atoms with Crippen LogP contribution < -0.4 is 11.1 Å². The molecule has 3 N–H and O–H groups in total. The number of nitrogen functional groups attached to an aromatic ring is 1. The van der Waals surface area contributed by atoms with Crippen LogP contribution in [0.4, 0.5) is 11.5 Å². The third-order valence-corrected chi connectivity index (χ3v) is 5.84. The van der Waals surface area contributed by atoms with Crippen molar-refractivity contribution >= 4 is 50.6 Å². The number of halogens is 1. The number of nitrogens with zero attached hydrogens (tertiary/aromatic N) is 2. The van der Waals surface area contributed by atoms with Crippen LogP contribution in [0.2, 0.25) is 5.02 Å². The lowest BCUT2D eigenvalue weighted by Gasteiger charge is -2.20. The fourth-order valence-electron chi connectivity index (χ4n) is 3.16. The standard InChI is InChI=1S/C18H17ClN4OS/c1-9-2-4-13-10(6-9)7-12-15(20)16(25-18(12)22-13)17(24)23-14-5-3-11(19)8-21-14/h3,5,7-9H,2,4,6,20H2,1H3,(H,21,23,24). The van der Waals surface area contributed by atoms with Crippen molar-refractivity contribution in [2.24, 2.45) is 5.92 Å². The number of aromatic nitrogens is 2. The molecule has 5 nitrogen and oxygen atoms in total.